The normalized spacial score (nSPS) is 10.4. The van der Waals surface area contributed by atoms with E-state index in [2.05, 4.69) is 127 Å². The fourth-order valence-electron chi connectivity index (χ4n) is 5.08. The first-order valence-electron chi connectivity index (χ1n) is 12.9. The van der Waals surface area contributed by atoms with Crippen molar-refractivity contribution in [3.63, 3.8) is 0 Å². The van der Waals surface area contributed by atoms with Crippen molar-refractivity contribution in [1.82, 2.24) is 0 Å². The quantitative estimate of drug-likeness (QED) is 0.146. The van der Waals surface area contributed by atoms with E-state index in [0.29, 0.717) is 0 Å². The largest absolute Gasteiger partial charge is 0.0622 e. The fourth-order valence-corrected chi connectivity index (χ4v) is 5.08. The van der Waals surface area contributed by atoms with Gasteiger partial charge in [0.15, 0.2) is 0 Å². The summed E-state index contributed by atoms with van der Waals surface area (Å²) in [6.45, 7) is 0. The fraction of sp³-hybridized carbons (Fsp3) is 0. The van der Waals surface area contributed by atoms with Crippen LogP contribution >= 0.6 is 0 Å². The molecule has 0 N–H and O–H groups in total. The molecule has 0 aliphatic heterocycles. The van der Waals surface area contributed by atoms with Crippen molar-refractivity contribution in [2.45, 2.75) is 0 Å². The van der Waals surface area contributed by atoms with E-state index in [1.54, 1.807) is 0 Å². The van der Waals surface area contributed by atoms with Crippen LogP contribution in [0.5, 0.6) is 0 Å². The molecule has 0 heterocycles. The molecule has 0 aliphatic rings. The molecule has 0 unspecified atom stereocenters. The van der Waals surface area contributed by atoms with E-state index < -0.39 is 0 Å². The summed E-state index contributed by atoms with van der Waals surface area (Å²) in [5, 5.41) is 13.1. The zero-order valence-corrected chi connectivity index (χ0v) is 21.0. The standard InChI is InChI=1S/C18H12.C14H9.C6H5.Be.2H/c1-2-8-14-13(7-1)15-9-3-4-11-17(15)18-12-6-5-10-16(14)18;1-3-7-13-11(5-1)9-10-12-6-2-4-8-14(12)13;1-2-4-6-5-3-1;;;/h1-12H;1-5,7-10H;1-5H;;;. The number of rotatable bonds is 0. The minimum Gasteiger partial charge on any atom is -0.0622 e. The van der Waals surface area contributed by atoms with Crippen molar-refractivity contribution in [3.8, 4) is 0 Å². The summed E-state index contributed by atoms with van der Waals surface area (Å²) in [6, 6.07) is 60.6. The summed E-state index contributed by atoms with van der Waals surface area (Å²) in [6.07, 6.45) is 0. The molecular formula is C38H28Be. The average Bonchev–Trinajstić information content (AvgIpc) is 3.03. The summed E-state index contributed by atoms with van der Waals surface area (Å²) < 4.78 is 0. The Balaban J connectivity index is 0.000000131. The van der Waals surface area contributed by atoms with Crippen LogP contribution in [0.2, 0.25) is 0 Å². The van der Waals surface area contributed by atoms with Gasteiger partial charge in [-0.3, -0.25) is 0 Å². The van der Waals surface area contributed by atoms with E-state index in [-0.39, 0.29) is 10.1 Å². The van der Waals surface area contributed by atoms with Gasteiger partial charge >= 0.3 is 10.1 Å². The third-order valence-corrected chi connectivity index (χ3v) is 6.83. The molecule has 0 aliphatic carbocycles. The van der Waals surface area contributed by atoms with E-state index in [4.69, 9.17) is 0 Å². The summed E-state index contributed by atoms with van der Waals surface area (Å²) in [5.74, 6) is 0. The van der Waals surface area contributed by atoms with Gasteiger partial charge in [-0.1, -0.05) is 158 Å². The van der Waals surface area contributed by atoms with Crippen LogP contribution in [0.3, 0.4) is 0 Å². The molecule has 1 heteroatoms. The summed E-state index contributed by atoms with van der Waals surface area (Å²) >= 11 is 0. The molecule has 0 nitrogen and oxygen atoms in total. The zero-order chi connectivity index (χ0) is 25.6. The first-order valence-corrected chi connectivity index (χ1v) is 12.9. The Hall–Kier alpha value is -4.77. The van der Waals surface area contributed by atoms with Gasteiger partial charge in [-0.2, -0.15) is 0 Å². The number of hydrogen-bond acceptors (Lipinski definition) is 0. The molecule has 0 amide bonds. The van der Waals surface area contributed by atoms with Crippen LogP contribution in [0.15, 0.2) is 158 Å². The zero-order valence-electron chi connectivity index (χ0n) is 21.0. The molecule has 0 fully saturated rings. The summed E-state index contributed by atoms with van der Waals surface area (Å²) in [4.78, 5) is 0. The third-order valence-electron chi connectivity index (χ3n) is 6.83. The number of benzene rings is 8. The van der Waals surface area contributed by atoms with Gasteiger partial charge in [0, 0.05) is 0 Å². The van der Waals surface area contributed by atoms with Crippen molar-refractivity contribution >= 4 is 64.0 Å². The maximum absolute atomic E-state index is 3.24. The third kappa shape index (κ3) is 5.43. The van der Waals surface area contributed by atoms with Gasteiger partial charge in [0.1, 0.15) is 0 Å². The molecule has 8 rings (SSSR count). The minimum absolute atomic E-state index is 0. The molecule has 0 aromatic heterocycles. The van der Waals surface area contributed by atoms with Gasteiger partial charge in [-0.05, 0) is 66.0 Å². The molecule has 0 atom stereocenters. The van der Waals surface area contributed by atoms with Crippen LogP contribution in [-0.4, -0.2) is 10.1 Å². The molecule has 0 saturated heterocycles. The summed E-state index contributed by atoms with van der Waals surface area (Å²) in [5.41, 5.74) is 0. The molecular weight excluding hydrogens is 465 g/mol. The number of hydrogen-bond donors (Lipinski definition) is 0. The van der Waals surface area contributed by atoms with E-state index in [1.807, 2.05) is 42.5 Å². The maximum atomic E-state index is 3.24. The molecule has 0 bridgehead atoms. The Kier molecular flexibility index (Phi) is 8.08. The van der Waals surface area contributed by atoms with Crippen molar-refractivity contribution in [2.24, 2.45) is 0 Å². The number of fused-ring (bicyclic) bond motifs is 9. The maximum Gasteiger partial charge on any atom is -0.00987 e. The molecule has 39 heavy (non-hydrogen) atoms. The Morgan fingerprint density at radius 1 is 0.308 bits per heavy atom. The Bertz CT molecular complexity index is 1670. The van der Waals surface area contributed by atoms with Gasteiger partial charge in [0.05, 0.1) is 0 Å². The molecule has 0 saturated carbocycles. The Morgan fingerprint density at radius 2 is 0.744 bits per heavy atom. The van der Waals surface area contributed by atoms with E-state index in [9.17, 15) is 0 Å². The first kappa shape index (κ1) is 25.9. The second-order valence-corrected chi connectivity index (χ2v) is 9.13. The van der Waals surface area contributed by atoms with Crippen LogP contribution < -0.4 is 0 Å². The van der Waals surface area contributed by atoms with Gasteiger partial charge in [-0.25, -0.2) is 0 Å². The average molecular weight is 494 g/mol. The van der Waals surface area contributed by atoms with E-state index >= 15 is 0 Å². The van der Waals surface area contributed by atoms with Crippen LogP contribution in [-0.2, 0) is 0 Å². The molecule has 8 aromatic carbocycles. The SMILES string of the molecule is [BeH2].[c]1cccc2c1ccc1ccccc12.[c]1ccccc1.c1ccc2c(c1)c1ccccc1c1ccccc21. The van der Waals surface area contributed by atoms with Gasteiger partial charge in [0.2, 0.25) is 0 Å². The van der Waals surface area contributed by atoms with Gasteiger partial charge in [-0.15, -0.1) is 0 Å². The van der Waals surface area contributed by atoms with E-state index in [1.165, 1.54) is 53.9 Å². The predicted molar refractivity (Wildman–Crippen MR) is 173 cm³/mol. The van der Waals surface area contributed by atoms with Gasteiger partial charge < -0.3 is 0 Å². The van der Waals surface area contributed by atoms with Crippen molar-refractivity contribution in [2.75, 3.05) is 0 Å². The predicted octanol–water partition coefficient (Wildman–Crippen LogP) is 9.51. The molecule has 182 valence electrons. The Morgan fingerprint density at radius 3 is 1.18 bits per heavy atom. The smallest absolute Gasteiger partial charge is 0.00987 e. The second-order valence-electron chi connectivity index (χ2n) is 9.13. The van der Waals surface area contributed by atoms with Crippen molar-refractivity contribution < 1.29 is 0 Å². The van der Waals surface area contributed by atoms with Gasteiger partial charge in [0.25, 0.3) is 0 Å². The van der Waals surface area contributed by atoms with Crippen LogP contribution in [0.4, 0.5) is 0 Å². The van der Waals surface area contributed by atoms with Crippen LogP contribution in [0.25, 0.3) is 53.9 Å². The Labute approximate surface area is 233 Å². The van der Waals surface area contributed by atoms with E-state index in [0.717, 1.165) is 0 Å². The van der Waals surface area contributed by atoms with Crippen LogP contribution in [0.1, 0.15) is 0 Å². The van der Waals surface area contributed by atoms with Crippen molar-refractivity contribution in [1.29, 1.82) is 0 Å². The molecule has 0 spiro atoms. The monoisotopic (exact) mass is 493 g/mol. The van der Waals surface area contributed by atoms with Crippen LogP contribution in [0, 0.1) is 12.1 Å². The molecule has 8 aromatic rings. The second kappa shape index (κ2) is 12.2. The first-order chi connectivity index (χ1) is 18.9. The molecule has 2 radical (unpaired) electrons. The van der Waals surface area contributed by atoms with Crippen molar-refractivity contribution in [3.05, 3.63) is 170 Å². The summed E-state index contributed by atoms with van der Waals surface area (Å²) in [7, 11) is 0. The topological polar surface area (TPSA) is 0 Å². The minimum atomic E-state index is 0.